The molecule has 0 N–H and O–H groups in total. The van der Waals surface area contributed by atoms with Crippen LogP contribution in [-0.2, 0) is 13.1 Å². The van der Waals surface area contributed by atoms with Gasteiger partial charge in [0.05, 0.1) is 17.7 Å². The molecular formula is C20H23N5O2. The highest BCUT2D eigenvalue weighted by molar-refractivity contribution is 5.56. The number of nitrogens with zero attached hydrogens (tertiary/aromatic N) is 5. The molecule has 1 aliphatic heterocycles. The summed E-state index contributed by atoms with van der Waals surface area (Å²) in [5.41, 5.74) is 2.50. The maximum atomic E-state index is 12.5. The lowest BCUT2D eigenvalue weighted by atomic mass is 9.96. The van der Waals surface area contributed by atoms with Gasteiger partial charge in [0.2, 0.25) is 0 Å². The molecule has 0 aromatic carbocycles. The molecule has 1 saturated heterocycles. The van der Waals surface area contributed by atoms with E-state index in [1.54, 1.807) is 29.4 Å². The highest BCUT2D eigenvalue weighted by atomic mass is 16.5. The van der Waals surface area contributed by atoms with Crippen molar-refractivity contribution in [3.05, 3.63) is 64.8 Å². The predicted molar refractivity (Wildman–Crippen MR) is 101 cm³/mol. The Morgan fingerprint density at radius 1 is 1.26 bits per heavy atom. The minimum atomic E-state index is -0.00986. The monoisotopic (exact) mass is 365 g/mol. The van der Waals surface area contributed by atoms with Gasteiger partial charge in [-0.2, -0.15) is 0 Å². The van der Waals surface area contributed by atoms with Crippen LogP contribution in [0.3, 0.4) is 0 Å². The van der Waals surface area contributed by atoms with Gasteiger partial charge < -0.3 is 4.52 Å². The first-order chi connectivity index (χ1) is 13.2. The van der Waals surface area contributed by atoms with Gasteiger partial charge in [-0.25, -0.2) is 4.98 Å². The van der Waals surface area contributed by atoms with Gasteiger partial charge in [-0.3, -0.25) is 19.2 Å². The fourth-order valence-electron chi connectivity index (χ4n) is 3.56. The van der Waals surface area contributed by atoms with E-state index in [4.69, 9.17) is 4.52 Å². The molecule has 7 nitrogen and oxygen atoms in total. The fraction of sp³-hybridized carbons (Fsp3) is 0.400. The van der Waals surface area contributed by atoms with Gasteiger partial charge in [0.1, 0.15) is 5.76 Å². The molecule has 0 spiro atoms. The third kappa shape index (κ3) is 4.31. The number of aryl methyl sites for hydroxylation is 1. The van der Waals surface area contributed by atoms with Gasteiger partial charge >= 0.3 is 0 Å². The number of pyridine rings is 1. The zero-order chi connectivity index (χ0) is 18.6. The minimum Gasteiger partial charge on any atom is -0.361 e. The molecule has 7 heteroatoms. The molecule has 0 unspecified atom stereocenters. The number of aromatic nitrogens is 4. The van der Waals surface area contributed by atoms with E-state index in [1.807, 2.05) is 25.1 Å². The molecule has 0 saturated carbocycles. The maximum Gasteiger partial charge on any atom is 0.253 e. The summed E-state index contributed by atoms with van der Waals surface area (Å²) in [4.78, 5) is 23.4. The lowest BCUT2D eigenvalue weighted by Crippen LogP contribution is -2.36. The van der Waals surface area contributed by atoms with Gasteiger partial charge in [-0.05, 0) is 50.9 Å². The zero-order valence-electron chi connectivity index (χ0n) is 15.4. The van der Waals surface area contributed by atoms with E-state index in [-0.39, 0.29) is 5.56 Å². The van der Waals surface area contributed by atoms with Crippen molar-refractivity contribution in [2.75, 3.05) is 13.1 Å². The van der Waals surface area contributed by atoms with Crippen LogP contribution in [0.4, 0.5) is 0 Å². The van der Waals surface area contributed by atoms with Crippen LogP contribution >= 0.6 is 0 Å². The van der Waals surface area contributed by atoms with E-state index in [0.717, 1.165) is 56.0 Å². The highest BCUT2D eigenvalue weighted by Crippen LogP contribution is 2.20. The number of rotatable bonds is 5. The summed E-state index contributed by atoms with van der Waals surface area (Å²) in [5.74, 6) is 1.34. The van der Waals surface area contributed by atoms with Crippen LogP contribution in [-0.4, -0.2) is 37.7 Å². The van der Waals surface area contributed by atoms with Crippen LogP contribution < -0.4 is 5.56 Å². The van der Waals surface area contributed by atoms with Crippen molar-refractivity contribution < 1.29 is 4.52 Å². The van der Waals surface area contributed by atoms with Crippen LogP contribution in [0.2, 0.25) is 0 Å². The van der Waals surface area contributed by atoms with E-state index in [9.17, 15) is 4.79 Å². The number of piperidine rings is 1. The fourth-order valence-corrected chi connectivity index (χ4v) is 3.56. The summed E-state index contributed by atoms with van der Waals surface area (Å²) in [6, 6.07) is 7.34. The van der Waals surface area contributed by atoms with E-state index in [1.165, 1.54) is 0 Å². The second kappa shape index (κ2) is 7.84. The Balaban J connectivity index is 1.34. The second-order valence-electron chi connectivity index (χ2n) is 7.15. The Labute approximate surface area is 157 Å². The summed E-state index contributed by atoms with van der Waals surface area (Å²) in [7, 11) is 0. The SMILES string of the molecule is Cc1cc(CN2CCC(Cn3cnc(-c4cccnc4)cc3=O)CC2)no1. The van der Waals surface area contributed by atoms with Crippen LogP contribution in [0.1, 0.15) is 24.3 Å². The highest BCUT2D eigenvalue weighted by Gasteiger charge is 2.21. The molecule has 0 amide bonds. The quantitative estimate of drug-likeness (QED) is 0.691. The molecule has 0 atom stereocenters. The molecule has 0 radical (unpaired) electrons. The summed E-state index contributed by atoms with van der Waals surface area (Å²) in [6.45, 7) is 5.47. The van der Waals surface area contributed by atoms with Crippen molar-refractivity contribution in [3.8, 4) is 11.3 Å². The lowest BCUT2D eigenvalue weighted by Gasteiger charge is -2.31. The standard InChI is InChI=1S/C20H23N5O2/c1-15-9-18(23-27-15)13-24-7-4-16(5-8-24)12-25-14-22-19(10-20(25)26)17-3-2-6-21-11-17/h2-3,6,9-11,14,16H,4-5,7-8,12-13H2,1H3. The van der Waals surface area contributed by atoms with Crippen LogP contribution in [0.25, 0.3) is 11.3 Å². The zero-order valence-corrected chi connectivity index (χ0v) is 15.4. The predicted octanol–water partition coefficient (Wildman–Crippen LogP) is 2.51. The number of hydrogen-bond donors (Lipinski definition) is 0. The minimum absolute atomic E-state index is 0.00986. The molecule has 3 aromatic heterocycles. The summed E-state index contributed by atoms with van der Waals surface area (Å²) >= 11 is 0. The van der Waals surface area contributed by atoms with E-state index in [0.29, 0.717) is 11.6 Å². The second-order valence-corrected chi connectivity index (χ2v) is 7.15. The van der Waals surface area contributed by atoms with Gasteiger partial charge in [0.25, 0.3) is 5.56 Å². The molecule has 0 aliphatic carbocycles. The third-order valence-corrected chi connectivity index (χ3v) is 5.06. The van der Waals surface area contributed by atoms with Gasteiger partial charge in [-0.15, -0.1) is 0 Å². The Bertz CT molecular complexity index is 942. The molecule has 1 fully saturated rings. The topological polar surface area (TPSA) is 77.1 Å². The Morgan fingerprint density at radius 3 is 2.78 bits per heavy atom. The van der Waals surface area contributed by atoms with E-state index in [2.05, 4.69) is 20.0 Å². The smallest absolute Gasteiger partial charge is 0.253 e. The summed E-state index contributed by atoms with van der Waals surface area (Å²) in [6.07, 6.45) is 7.22. The molecule has 27 heavy (non-hydrogen) atoms. The van der Waals surface area contributed by atoms with Gasteiger partial charge in [-0.1, -0.05) is 5.16 Å². The van der Waals surface area contributed by atoms with Crippen molar-refractivity contribution in [1.82, 2.24) is 24.6 Å². The van der Waals surface area contributed by atoms with Crippen LogP contribution in [0.15, 0.2) is 52.3 Å². The molecule has 1 aliphatic rings. The van der Waals surface area contributed by atoms with Crippen molar-refractivity contribution in [2.45, 2.75) is 32.9 Å². The summed E-state index contributed by atoms with van der Waals surface area (Å²) < 4.78 is 6.86. The number of hydrogen-bond acceptors (Lipinski definition) is 6. The molecular weight excluding hydrogens is 342 g/mol. The maximum absolute atomic E-state index is 12.5. The third-order valence-electron chi connectivity index (χ3n) is 5.06. The summed E-state index contributed by atoms with van der Waals surface area (Å²) in [5, 5.41) is 4.07. The number of likely N-dealkylation sites (tertiary alicyclic amines) is 1. The molecule has 4 rings (SSSR count). The average molecular weight is 365 g/mol. The van der Waals surface area contributed by atoms with E-state index < -0.39 is 0 Å². The molecule has 140 valence electrons. The Hall–Kier alpha value is -2.80. The normalized spacial score (nSPS) is 15.9. The van der Waals surface area contributed by atoms with Crippen LogP contribution in [0, 0.1) is 12.8 Å². The van der Waals surface area contributed by atoms with Crippen molar-refractivity contribution >= 4 is 0 Å². The van der Waals surface area contributed by atoms with Crippen molar-refractivity contribution in [1.29, 1.82) is 0 Å². The molecule has 4 heterocycles. The van der Waals surface area contributed by atoms with Crippen LogP contribution in [0.5, 0.6) is 0 Å². The van der Waals surface area contributed by atoms with Gasteiger partial charge in [0, 0.05) is 43.2 Å². The average Bonchev–Trinajstić information content (AvgIpc) is 3.10. The van der Waals surface area contributed by atoms with Gasteiger partial charge in [0.15, 0.2) is 0 Å². The lowest BCUT2D eigenvalue weighted by molar-refractivity contribution is 0.163. The first-order valence-electron chi connectivity index (χ1n) is 9.29. The largest absolute Gasteiger partial charge is 0.361 e. The molecule has 0 bridgehead atoms. The Morgan fingerprint density at radius 2 is 2.11 bits per heavy atom. The van der Waals surface area contributed by atoms with E-state index >= 15 is 0 Å². The Kier molecular flexibility index (Phi) is 5.11. The molecule has 3 aromatic rings. The van der Waals surface area contributed by atoms with Crippen molar-refractivity contribution in [3.63, 3.8) is 0 Å². The first kappa shape index (κ1) is 17.6. The first-order valence-corrected chi connectivity index (χ1v) is 9.29. The van der Waals surface area contributed by atoms with Crippen molar-refractivity contribution in [2.24, 2.45) is 5.92 Å².